The molecule has 0 aliphatic heterocycles. The zero-order chi connectivity index (χ0) is 12.1. The topological polar surface area (TPSA) is 50.8 Å². The molecule has 16 heavy (non-hydrogen) atoms. The molecule has 1 aromatic rings. The molecule has 92 valence electrons. The number of aromatic amines is 1. The van der Waals surface area contributed by atoms with Crippen molar-refractivity contribution in [3.05, 3.63) is 16.9 Å². The van der Waals surface area contributed by atoms with Crippen LogP contribution in [0, 0.1) is 4.64 Å². The highest BCUT2D eigenvalue weighted by atomic mass is 32.1. The van der Waals surface area contributed by atoms with E-state index in [4.69, 9.17) is 4.74 Å². The molecule has 0 spiro atoms. The Morgan fingerprint density at radius 1 is 1.25 bits per heavy atom. The van der Waals surface area contributed by atoms with Crippen LogP contribution in [0.1, 0.15) is 39.5 Å². The SMILES string of the molecule is CCCCOCCCC.S=c1ccnn[nH]1. The molecular weight excluding hydrogens is 222 g/mol. The summed E-state index contributed by atoms with van der Waals surface area (Å²) in [5.41, 5.74) is 0. The fraction of sp³-hybridized carbons (Fsp3) is 0.727. The highest BCUT2D eigenvalue weighted by Gasteiger charge is 1.84. The quantitative estimate of drug-likeness (QED) is 0.616. The van der Waals surface area contributed by atoms with Crippen LogP contribution in [0.3, 0.4) is 0 Å². The van der Waals surface area contributed by atoms with E-state index in [9.17, 15) is 0 Å². The van der Waals surface area contributed by atoms with Gasteiger partial charge in [-0.05, 0) is 18.9 Å². The van der Waals surface area contributed by atoms with Gasteiger partial charge in [-0.25, -0.2) is 5.10 Å². The predicted molar refractivity (Wildman–Crippen MR) is 67.9 cm³/mol. The molecule has 5 heteroatoms. The fourth-order valence-electron chi connectivity index (χ4n) is 0.845. The molecule has 0 atom stereocenters. The van der Waals surface area contributed by atoms with Crippen LogP contribution in [0.4, 0.5) is 0 Å². The van der Waals surface area contributed by atoms with Crippen LogP contribution in [0.5, 0.6) is 0 Å². The van der Waals surface area contributed by atoms with Crippen LogP contribution in [0.25, 0.3) is 0 Å². The van der Waals surface area contributed by atoms with Crippen LogP contribution >= 0.6 is 12.2 Å². The Hall–Kier alpha value is -0.810. The highest BCUT2D eigenvalue weighted by Crippen LogP contribution is 1.91. The van der Waals surface area contributed by atoms with Crippen LogP contribution in [-0.4, -0.2) is 28.6 Å². The molecule has 4 nitrogen and oxygen atoms in total. The number of H-pyrrole nitrogens is 1. The lowest BCUT2D eigenvalue weighted by Gasteiger charge is -1.99. The van der Waals surface area contributed by atoms with Gasteiger partial charge in [0.05, 0.1) is 6.20 Å². The predicted octanol–water partition coefficient (Wildman–Crippen LogP) is 3.14. The lowest BCUT2D eigenvalue weighted by molar-refractivity contribution is 0.128. The summed E-state index contributed by atoms with van der Waals surface area (Å²) in [5, 5.41) is 9.36. The average molecular weight is 243 g/mol. The monoisotopic (exact) mass is 243 g/mol. The van der Waals surface area contributed by atoms with Crippen molar-refractivity contribution >= 4 is 12.2 Å². The zero-order valence-corrected chi connectivity index (χ0v) is 10.9. The smallest absolute Gasteiger partial charge is 0.122 e. The van der Waals surface area contributed by atoms with Crippen molar-refractivity contribution in [3.63, 3.8) is 0 Å². The van der Waals surface area contributed by atoms with E-state index in [2.05, 4.69) is 41.5 Å². The third-order valence-electron chi connectivity index (χ3n) is 1.79. The van der Waals surface area contributed by atoms with Gasteiger partial charge in [0.1, 0.15) is 4.64 Å². The molecule has 0 bridgehead atoms. The van der Waals surface area contributed by atoms with Crippen molar-refractivity contribution in [2.45, 2.75) is 39.5 Å². The van der Waals surface area contributed by atoms with Gasteiger partial charge in [0.2, 0.25) is 0 Å². The van der Waals surface area contributed by atoms with E-state index in [0.717, 1.165) is 13.2 Å². The summed E-state index contributed by atoms with van der Waals surface area (Å²) < 4.78 is 5.92. The van der Waals surface area contributed by atoms with Gasteiger partial charge in [-0.2, -0.15) is 0 Å². The second-order valence-corrected chi connectivity index (χ2v) is 3.77. The van der Waals surface area contributed by atoms with Crippen molar-refractivity contribution in [2.24, 2.45) is 0 Å². The number of nitrogens with zero attached hydrogens (tertiary/aromatic N) is 2. The van der Waals surface area contributed by atoms with Gasteiger partial charge in [0.15, 0.2) is 0 Å². The second kappa shape index (κ2) is 12.3. The summed E-state index contributed by atoms with van der Waals surface area (Å²) in [5.74, 6) is 0. The Labute approximate surface area is 102 Å². The first kappa shape index (κ1) is 15.2. The Morgan fingerprint density at radius 2 is 1.88 bits per heavy atom. The molecule has 0 aromatic carbocycles. The number of hydrogen-bond acceptors (Lipinski definition) is 4. The highest BCUT2D eigenvalue weighted by molar-refractivity contribution is 7.71. The van der Waals surface area contributed by atoms with Gasteiger partial charge in [0.25, 0.3) is 0 Å². The van der Waals surface area contributed by atoms with Gasteiger partial charge in [0, 0.05) is 13.2 Å². The zero-order valence-electron chi connectivity index (χ0n) is 10.1. The minimum Gasteiger partial charge on any atom is -0.381 e. The summed E-state index contributed by atoms with van der Waals surface area (Å²) in [6.45, 7) is 6.28. The molecule has 0 saturated carbocycles. The molecule has 0 unspecified atom stereocenters. The summed E-state index contributed by atoms with van der Waals surface area (Å²) in [6.07, 6.45) is 6.45. The average Bonchev–Trinajstić information content (AvgIpc) is 2.31. The Bertz CT molecular complexity index is 267. The number of hydrogen-bond donors (Lipinski definition) is 1. The summed E-state index contributed by atoms with van der Waals surface area (Å²) in [4.78, 5) is 0. The second-order valence-electron chi connectivity index (χ2n) is 3.33. The lowest BCUT2D eigenvalue weighted by atomic mass is 10.3. The Balaban J connectivity index is 0.000000288. The number of nitrogens with one attached hydrogen (secondary N) is 1. The molecule has 1 aromatic heterocycles. The number of unbranched alkanes of at least 4 members (excludes halogenated alkanes) is 2. The van der Waals surface area contributed by atoms with Crippen LogP contribution in [0.2, 0.25) is 0 Å². The molecule has 0 amide bonds. The van der Waals surface area contributed by atoms with E-state index in [1.165, 1.54) is 25.7 Å². The van der Waals surface area contributed by atoms with E-state index in [0.29, 0.717) is 4.64 Å². The van der Waals surface area contributed by atoms with Crippen molar-refractivity contribution < 1.29 is 4.74 Å². The largest absolute Gasteiger partial charge is 0.381 e. The standard InChI is InChI=1S/C8H18O.C3H3N3S/c1-3-5-7-9-8-6-4-2;7-3-1-2-4-6-5-3/h3-8H2,1-2H3;1-2H,(H,4,5,7). The van der Waals surface area contributed by atoms with E-state index in [1.54, 1.807) is 12.3 Å². The first-order chi connectivity index (χ1) is 7.81. The number of rotatable bonds is 6. The van der Waals surface area contributed by atoms with Gasteiger partial charge in [-0.15, -0.1) is 5.10 Å². The normalized spacial score (nSPS) is 9.38. The molecule has 1 heterocycles. The van der Waals surface area contributed by atoms with E-state index >= 15 is 0 Å². The molecule has 1 N–H and O–H groups in total. The van der Waals surface area contributed by atoms with Crippen LogP contribution < -0.4 is 0 Å². The van der Waals surface area contributed by atoms with Crippen LogP contribution in [-0.2, 0) is 4.74 Å². The maximum atomic E-state index is 5.31. The molecule has 0 aliphatic carbocycles. The first-order valence-corrected chi connectivity index (χ1v) is 6.16. The third-order valence-corrected chi connectivity index (χ3v) is 2.02. The first-order valence-electron chi connectivity index (χ1n) is 5.75. The molecule has 0 fully saturated rings. The van der Waals surface area contributed by atoms with Gasteiger partial charge in [-0.1, -0.05) is 44.1 Å². The summed E-state index contributed by atoms with van der Waals surface area (Å²) >= 11 is 4.65. The van der Waals surface area contributed by atoms with Crippen LogP contribution in [0.15, 0.2) is 12.3 Å². The van der Waals surface area contributed by atoms with Crippen molar-refractivity contribution in [1.29, 1.82) is 0 Å². The number of aromatic nitrogens is 3. The fourth-order valence-corrected chi connectivity index (χ4v) is 0.946. The van der Waals surface area contributed by atoms with E-state index in [-0.39, 0.29) is 0 Å². The van der Waals surface area contributed by atoms with Crippen molar-refractivity contribution in [2.75, 3.05) is 13.2 Å². The molecular formula is C11H21N3OS. The van der Waals surface area contributed by atoms with Crippen molar-refractivity contribution in [3.8, 4) is 0 Å². The Kier molecular flexibility index (Phi) is 11.6. The third kappa shape index (κ3) is 11.3. The minimum absolute atomic E-state index is 0.606. The van der Waals surface area contributed by atoms with Gasteiger partial charge < -0.3 is 4.74 Å². The summed E-state index contributed by atoms with van der Waals surface area (Å²) in [6, 6.07) is 1.67. The van der Waals surface area contributed by atoms with Gasteiger partial charge in [-0.3, -0.25) is 0 Å². The molecule has 0 aliphatic rings. The molecule has 0 saturated heterocycles. The molecule has 1 rings (SSSR count). The van der Waals surface area contributed by atoms with E-state index in [1.807, 2.05) is 0 Å². The van der Waals surface area contributed by atoms with Crippen molar-refractivity contribution in [1.82, 2.24) is 15.4 Å². The maximum Gasteiger partial charge on any atom is 0.122 e. The lowest BCUT2D eigenvalue weighted by Crippen LogP contribution is -1.95. The Morgan fingerprint density at radius 3 is 2.19 bits per heavy atom. The van der Waals surface area contributed by atoms with E-state index < -0.39 is 0 Å². The van der Waals surface area contributed by atoms with Gasteiger partial charge >= 0.3 is 0 Å². The minimum atomic E-state index is 0.606. The summed E-state index contributed by atoms with van der Waals surface area (Å²) in [7, 11) is 0. The maximum absolute atomic E-state index is 5.31. The molecule has 0 radical (unpaired) electrons. The number of ether oxygens (including phenoxy) is 1.